The first kappa shape index (κ1) is 16.6. The largest absolute Gasteiger partial charge is 0.365 e. The van der Waals surface area contributed by atoms with Crippen molar-refractivity contribution >= 4 is 23.3 Å². The number of aryl methyl sites for hydroxylation is 2. The maximum atomic E-state index is 10.9. The molecule has 1 aliphatic carbocycles. The summed E-state index contributed by atoms with van der Waals surface area (Å²) in [5.74, 6) is 2.21. The van der Waals surface area contributed by atoms with Crippen LogP contribution in [-0.4, -0.2) is 41.8 Å². The fourth-order valence-electron chi connectivity index (χ4n) is 3.48. The fourth-order valence-corrected chi connectivity index (χ4v) is 3.48. The van der Waals surface area contributed by atoms with Crippen molar-refractivity contribution in [2.45, 2.75) is 45.7 Å². The Kier molecular flexibility index (Phi) is 4.32. The molecule has 1 fully saturated rings. The highest BCUT2D eigenvalue weighted by atomic mass is 16.1. The number of rotatable bonds is 5. The molecule has 1 radical (unpaired) electrons. The van der Waals surface area contributed by atoms with Gasteiger partial charge in [0.05, 0.1) is 5.56 Å². The van der Waals surface area contributed by atoms with E-state index in [9.17, 15) is 4.79 Å². The molecule has 3 heterocycles. The minimum Gasteiger partial charge on any atom is -0.365 e. The number of anilines is 1. The van der Waals surface area contributed by atoms with E-state index in [0.717, 1.165) is 54.2 Å². The number of imidazole rings is 1. The predicted octanol–water partition coefficient (Wildman–Crippen LogP) is 2.30. The van der Waals surface area contributed by atoms with Gasteiger partial charge in [0.15, 0.2) is 17.0 Å². The number of carbonyl (C=O) groups excluding carboxylic acids is 1. The van der Waals surface area contributed by atoms with Gasteiger partial charge in [-0.25, -0.2) is 24.9 Å². The van der Waals surface area contributed by atoms with Crippen LogP contribution in [0.25, 0.3) is 22.6 Å². The fraction of sp³-hybridized carbons (Fsp3) is 0.444. The van der Waals surface area contributed by atoms with E-state index in [4.69, 9.17) is 4.98 Å². The van der Waals surface area contributed by atoms with E-state index in [0.29, 0.717) is 5.82 Å². The van der Waals surface area contributed by atoms with E-state index in [2.05, 4.69) is 38.5 Å². The molecule has 3 aromatic rings. The van der Waals surface area contributed by atoms with E-state index in [1.54, 1.807) is 18.7 Å². The van der Waals surface area contributed by atoms with Gasteiger partial charge in [-0.3, -0.25) is 4.79 Å². The summed E-state index contributed by atoms with van der Waals surface area (Å²) >= 11 is 0. The molecule has 133 valence electrons. The summed E-state index contributed by atoms with van der Waals surface area (Å²) < 4.78 is 2.03. The van der Waals surface area contributed by atoms with Gasteiger partial charge in [0.1, 0.15) is 18.0 Å². The van der Waals surface area contributed by atoms with E-state index in [1.165, 1.54) is 0 Å². The molecule has 26 heavy (non-hydrogen) atoms. The van der Waals surface area contributed by atoms with Crippen LogP contribution >= 0.6 is 0 Å². The lowest BCUT2D eigenvalue weighted by molar-refractivity contribution is 0.521. The summed E-state index contributed by atoms with van der Waals surface area (Å²) in [5, 5.41) is 3.44. The predicted molar refractivity (Wildman–Crippen MR) is 97.2 cm³/mol. The second-order valence-corrected chi connectivity index (χ2v) is 6.56. The zero-order chi connectivity index (χ0) is 18.1. The van der Waals surface area contributed by atoms with Gasteiger partial charge in [-0.05, 0) is 33.1 Å². The summed E-state index contributed by atoms with van der Waals surface area (Å²) in [6.45, 7) is 4.63. The molecule has 0 amide bonds. The zero-order valence-electron chi connectivity index (χ0n) is 14.8. The topological polar surface area (TPSA) is 98.5 Å². The Morgan fingerprint density at radius 3 is 2.73 bits per heavy atom. The molecule has 4 rings (SSSR count). The first-order valence-electron chi connectivity index (χ1n) is 8.84. The Morgan fingerprint density at radius 1 is 1.23 bits per heavy atom. The monoisotopic (exact) mass is 350 g/mol. The van der Waals surface area contributed by atoms with Crippen LogP contribution < -0.4 is 5.32 Å². The lowest BCUT2D eigenvalue weighted by Gasteiger charge is -2.12. The van der Waals surface area contributed by atoms with Gasteiger partial charge >= 0.3 is 0 Å². The van der Waals surface area contributed by atoms with Gasteiger partial charge in [0.25, 0.3) is 0 Å². The first-order chi connectivity index (χ1) is 12.7. The average Bonchev–Trinajstić information content (AvgIpc) is 3.27. The molecular formula is C18H20N7O. The number of hydrogen-bond donors (Lipinski definition) is 1. The summed E-state index contributed by atoms with van der Waals surface area (Å²) in [5.41, 5.74) is 2.35. The van der Waals surface area contributed by atoms with Crippen LogP contribution in [0.2, 0.25) is 0 Å². The van der Waals surface area contributed by atoms with E-state index < -0.39 is 0 Å². The van der Waals surface area contributed by atoms with E-state index in [-0.39, 0.29) is 12.0 Å². The van der Waals surface area contributed by atoms with Crippen LogP contribution in [0.3, 0.4) is 0 Å². The molecule has 0 aliphatic heterocycles. The average molecular weight is 350 g/mol. The summed E-state index contributed by atoms with van der Waals surface area (Å²) in [6.07, 6.45) is 9.78. The molecule has 2 atom stereocenters. The third kappa shape index (κ3) is 2.91. The lowest BCUT2D eigenvalue weighted by atomic mass is 10.1. The minimum absolute atomic E-state index is 0.0123. The van der Waals surface area contributed by atoms with Crippen LogP contribution in [0.1, 0.15) is 32.0 Å². The van der Waals surface area contributed by atoms with Crippen molar-refractivity contribution in [3.05, 3.63) is 24.5 Å². The molecule has 0 aromatic carbocycles. The van der Waals surface area contributed by atoms with E-state index >= 15 is 0 Å². The second-order valence-electron chi connectivity index (χ2n) is 6.56. The normalized spacial score (nSPS) is 19.8. The van der Waals surface area contributed by atoms with Crippen molar-refractivity contribution in [3.8, 4) is 11.4 Å². The second kappa shape index (κ2) is 6.78. The standard InChI is InChI=1S/C18H20N7O/c1-3-25-17(13-7-19-11(2)20-8-13)24-15-16(21-10-22-18(15)25)23-14-5-4-12(6-14)9-26/h7-8,10,12,14H,3-6H2,1-2H3,(H,21,22,23)/t12-,14+/m1/s1. The maximum Gasteiger partial charge on any atom is 0.201 e. The number of nitrogens with one attached hydrogen (secondary N) is 1. The highest BCUT2D eigenvalue weighted by Crippen LogP contribution is 2.30. The SMILES string of the molecule is CCn1c(-c2cnc(C)nc2)nc2c(N[C@H]3CC[C@@H]([C]=O)C3)ncnc21. The van der Waals surface area contributed by atoms with Crippen molar-refractivity contribution in [2.24, 2.45) is 5.92 Å². The number of fused-ring (bicyclic) bond motifs is 1. The van der Waals surface area contributed by atoms with E-state index in [1.807, 2.05) is 11.5 Å². The van der Waals surface area contributed by atoms with Gasteiger partial charge in [-0.2, -0.15) is 0 Å². The Labute approximate surface area is 151 Å². The molecule has 1 N–H and O–H groups in total. The van der Waals surface area contributed by atoms with Crippen molar-refractivity contribution in [1.82, 2.24) is 29.5 Å². The van der Waals surface area contributed by atoms with Crippen LogP contribution in [0, 0.1) is 12.8 Å². The maximum absolute atomic E-state index is 10.9. The van der Waals surface area contributed by atoms with Gasteiger partial charge in [0, 0.05) is 30.9 Å². The van der Waals surface area contributed by atoms with Crippen molar-refractivity contribution in [1.29, 1.82) is 0 Å². The van der Waals surface area contributed by atoms with Gasteiger partial charge < -0.3 is 9.88 Å². The molecule has 0 unspecified atom stereocenters. The molecule has 3 aromatic heterocycles. The van der Waals surface area contributed by atoms with Crippen LogP contribution in [0.15, 0.2) is 18.7 Å². The van der Waals surface area contributed by atoms with Crippen molar-refractivity contribution in [3.63, 3.8) is 0 Å². The summed E-state index contributed by atoms with van der Waals surface area (Å²) in [6, 6.07) is 0.206. The Bertz CT molecular complexity index is 935. The number of aromatic nitrogens is 6. The Hall–Kier alpha value is -2.90. The number of nitrogens with zero attached hydrogens (tertiary/aromatic N) is 6. The van der Waals surface area contributed by atoms with Gasteiger partial charge in [0.2, 0.25) is 6.29 Å². The molecule has 0 bridgehead atoms. The molecule has 0 spiro atoms. The third-order valence-electron chi connectivity index (χ3n) is 4.83. The van der Waals surface area contributed by atoms with Crippen molar-refractivity contribution in [2.75, 3.05) is 5.32 Å². The molecule has 1 aliphatic rings. The number of hydrogen-bond acceptors (Lipinski definition) is 7. The minimum atomic E-state index is 0.0123. The van der Waals surface area contributed by atoms with Crippen LogP contribution in [0.5, 0.6) is 0 Å². The third-order valence-corrected chi connectivity index (χ3v) is 4.83. The molecule has 8 nitrogen and oxygen atoms in total. The Balaban J connectivity index is 1.74. The van der Waals surface area contributed by atoms with Crippen LogP contribution in [0.4, 0.5) is 5.82 Å². The molecule has 1 saturated carbocycles. The van der Waals surface area contributed by atoms with Crippen LogP contribution in [-0.2, 0) is 11.3 Å². The molecular weight excluding hydrogens is 330 g/mol. The van der Waals surface area contributed by atoms with Gasteiger partial charge in [-0.1, -0.05) is 0 Å². The highest BCUT2D eigenvalue weighted by Gasteiger charge is 2.26. The first-order valence-corrected chi connectivity index (χ1v) is 8.84. The quantitative estimate of drug-likeness (QED) is 0.754. The van der Waals surface area contributed by atoms with Gasteiger partial charge in [-0.15, -0.1) is 0 Å². The molecule has 0 saturated heterocycles. The summed E-state index contributed by atoms with van der Waals surface area (Å²) in [7, 11) is 0. The highest BCUT2D eigenvalue weighted by molar-refractivity contribution is 5.86. The Morgan fingerprint density at radius 2 is 2.04 bits per heavy atom. The smallest absolute Gasteiger partial charge is 0.201 e. The zero-order valence-corrected chi connectivity index (χ0v) is 14.8. The lowest BCUT2D eigenvalue weighted by Crippen LogP contribution is -2.17. The summed E-state index contributed by atoms with van der Waals surface area (Å²) in [4.78, 5) is 33.0. The molecule has 8 heteroatoms. The van der Waals surface area contributed by atoms with Crippen molar-refractivity contribution < 1.29 is 4.79 Å².